The summed E-state index contributed by atoms with van der Waals surface area (Å²) >= 11 is 0. The summed E-state index contributed by atoms with van der Waals surface area (Å²) in [5.41, 5.74) is -0.675. The fraction of sp³-hybridized carbons (Fsp3) is 0.344. The number of ether oxygens (including phenoxy) is 1. The molecule has 2 N–H and O–H groups in total. The van der Waals surface area contributed by atoms with Crippen LogP contribution < -0.4 is 39.0 Å². The van der Waals surface area contributed by atoms with Gasteiger partial charge in [-0.25, -0.2) is 4.79 Å². The molecule has 0 spiro atoms. The number of halogens is 1. The van der Waals surface area contributed by atoms with E-state index in [0.717, 1.165) is 12.6 Å². The quantitative estimate of drug-likeness (QED) is 0.303. The largest absolute Gasteiger partial charge is 1.00 e. The minimum Gasteiger partial charge on any atom is -1.00 e. The number of carbonyl (C=O) groups is 3. The Labute approximate surface area is 250 Å². The van der Waals surface area contributed by atoms with Gasteiger partial charge < -0.3 is 22.5 Å². The van der Waals surface area contributed by atoms with E-state index in [1.54, 1.807) is 32.7 Å². The Morgan fingerprint density at radius 2 is 1.24 bits per heavy atom. The van der Waals surface area contributed by atoms with Gasteiger partial charge in [0.25, 0.3) is 0 Å². The number of rotatable bonds is 12. The fourth-order valence-corrected chi connectivity index (χ4v) is 8.96. The third-order valence-electron chi connectivity index (χ3n) is 6.36. The van der Waals surface area contributed by atoms with Crippen molar-refractivity contribution in [3.63, 3.8) is 0 Å². The number of nitrogens with zero attached hydrogens (tertiary/aromatic N) is 1. The van der Waals surface area contributed by atoms with Crippen LogP contribution in [0.4, 0.5) is 4.79 Å². The number of carbonyl (C=O) groups excluding carboxylic acids is 3. The highest BCUT2D eigenvalue weighted by atomic mass is 35.5. The van der Waals surface area contributed by atoms with E-state index >= 15 is 0 Å². The van der Waals surface area contributed by atoms with Crippen molar-refractivity contribution < 1.29 is 31.5 Å². The third-order valence-corrected chi connectivity index (χ3v) is 10.9. The van der Waals surface area contributed by atoms with Crippen LogP contribution in [0.25, 0.3) is 0 Å². The normalized spacial score (nSPS) is 11.3. The number of alkyl carbamates (subject to hydrolysis) is 1. The fourth-order valence-electron chi connectivity index (χ4n) is 4.61. The molecule has 0 aliphatic rings. The Balaban J connectivity index is 0.00000588. The van der Waals surface area contributed by atoms with E-state index in [1.807, 2.05) is 18.2 Å². The van der Waals surface area contributed by atoms with Crippen molar-refractivity contribution in [1.29, 1.82) is 0 Å². The predicted molar refractivity (Wildman–Crippen MR) is 164 cm³/mol. The molecule has 0 saturated carbocycles. The summed E-state index contributed by atoms with van der Waals surface area (Å²) in [4.78, 5) is 38.4. The van der Waals surface area contributed by atoms with Gasteiger partial charge in [0.15, 0.2) is 0 Å². The van der Waals surface area contributed by atoms with E-state index < -0.39 is 24.9 Å². The second kappa shape index (κ2) is 16.3. The highest BCUT2D eigenvalue weighted by Crippen LogP contribution is 2.55. The van der Waals surface area contributed by atoms with Crippen LogP contribution in [0.5, 0.6) is 0 Å². The van der Waals surface area contributed by atoms with Crippen LogP contribution in [0.2, 0.25) is 0 Å². The molecule has 0 radical (unpaired) electrons. The molecule has 0 fully saturated rings. The van der Waals surface area contributed by atoms with Crippen molar-refractivity contribution in [3.05, 3.63) is 91.0 Å². The minimum atomic E-state index is -1.96. The lowest BCUT2D eigenvalue weighted by Crippen LogP contribution is -3.00. The summed E-state index contributed by atoms with van der Waals surface area (Å²) < 4.78 is 5.10. The van der Waals surface area contributed by atoms with Gasteiger partial charge in [0.1, 0.15) is 28.8 Å². The van der Waals surface area contributed by atoms with Crippen molar-refractivity contribution >= 4 is 41.1 Å². The topological polar surface area (TPSA) is 87.7 Å². The Hall–Kier alpha value is -3.25. The zero-order valence-electron chi connectivity index (χ0n) is 24.3. The number of amides is 3. The van der Waals surface area contributed by atoms with Gasteiger partial charge >= 0.3 is 6.09 Å². The molecule has 3 aromatic rings. The van der Waals surface area contributed by atoms with Gasteiger partial charge in [0, 0.05) is 19.5 Å². The molecule has 0 aromatic heterocycles. The molecule has 41 heavy (non-hydrogen) atoms. The molecule has 9 heteroatoms. The average molecular weight is 598 g/mol. The molecular formula is C32H41ClN3O4P. The first-order valence-corrected chi connectivity index (χ1v) is 15.6. The number of nitrogens with one attached hydrogen (secondary N) is 2. The maximum atomic E-state index is 12.8. The van der Waals surface area contributed by atoms with Gasteiger partial charge in [-0.05, 0) is 70.6 Å². The molecule has 7 nitrogen and oxygen atoms in total. The standard InChI is InChI=1S/C32H40N3O4P.ClH/c1-32(2,3)39-31(38)34-30(37)25-35(4)23-22-33-29(36)21-14-24-40(26-15-8-5-9-16-26,27-17-10-6-11-18-27)28-19-12-7-13-20-28;/h5-13,15-20H,14,21-25H2,1-4H3,(H-,33,34,36,37,38);1H. The van der Waals surface area contributed by atoms with Crippen LogP contribution in [0.3, 0.4) is 0 Å². The summed E-state index contributed by atoms with van der Waals surface area (Å²) in [6.07, 6.45) is 1.27. The number of hydrogen-bond acceptors (Lipinski definition) is 5. The monoisotopic (exact) mass is 597 g/mol. The summed E-state index contributed by atoms with van der Waals surface area (Å²) in [6, 6.07) is 31.9. The summed E-state index contributed by atoms with van der Waals surface area (Å²) in [5.74, 6) is -0.468. The first-order valence-electron chi connectivity index (χ1n) is 13.6. The van der Waals surface area contributed by atoms with E-state index in [-0.39, 0.29) is 24.9 Å². The van der Waals surface area contributed by atoms with Crippen molar-refractivity contribution in [2.45, 2.75) is 39.2 Å². The van der Waals surface area contributed by atoms with Gasteiger partial charge in [-0.1, -0.05) is 54.6 Å². The van der Waals surface area contributed by atoms with Crippen LogP contribution >= 0.6 is 7.26 Å². The van der Waals surface area contributed by atoms with Crippen LogP contribution in [-0.2, 0) is 14.3 Å². The van der Waals surface area contributed by atoms with Gasteiger partial charge in [-0.2, -0.15) is 0 Å². The lowest BCUT2D eigenvalue weighted by atomic mass is 10.2. The van der Waals surface area contributed by atoms with Crippen LogP contribution in [0.15, 0.2) is 91.0 Å². The molecule has 0 bridgehead atoms. The van der Waals surface area contributed by atoms with Gasteiger partial charge in [-0.15, -0.1) is 0 Å². The Kier molecular flexibility index (Phi) is 13.5. The number of likely N-dealkylation sites (N-methyl/N-ethyl adjacent to an activating group) is 1. The second-order valence-corrected chi connectivity index (χ2v) is 14.4. The lowest BCUT2D eigenvalue weighted by Gasteiger charge is -2.27. The smallest absolute Gasteiger partial charge is 0.414 e. The lowest BCUT2D eigenvalue weighted by molar-refractivity contribution is -0.121. The van der Waals surface area contributed by atoms with Crippen LogP contribution in [-0.4, -0.2) is 61.3 Å². The molecule has 0 heterocycles. The van der Waals surface area contributed by atoms with E-state index in [1.165, 1.54) is 15.9 Å². The Bertz CT molecular complexity index is 1140. The average Bonchev–Trinajstić information content (AvgIpc) is 2.91. The van der Waals surface area contributed by atoms with E-state index in [9.17, 15) is 14.4 Å². The minimum absolute atomic E-state index is 0. The van der Waals surface area contributed by atoms with Crippen molar-refractivity contribution in [2.75, 3.05) is 32.8 Å². The van der Waals surface area contributed by atoms with E-state index in [0.29, 0.717) is 19.5 Å². The van der Waals surface area contributed by atoms with Crippen molar-refractivity contribution in [2.24, 2.45) is 0 Å². The molecular weight excluding hydrogens is 557 g/mol. The van der Waals surface area contributed by atoms with Gasteiger partial charge in [0.2, 0.25) is 11.8 Å². The number of imide groups is 1. The molecule has 0 unspecified atom stereocenters. The number of benzene rings is 3. The molecule has 0 aliphatic heterocycles. The van der Waals surface area contributed by atoms with E-state index in [2.05, 4.69) is 83.4 Å². The highest BCUT2D eigenvalue weighted by Gasteiger charge is 2.44. The molecule has 3 rings (SSSR count). The summed E-state index contributed by atoms with van der Waals surface area (Å²) in [7, 11) is -0.199. The van der Waals surface area contributed by atoms with Gasteiger partial charge in [-0.3, -0.25) is 19.8 Å². The predicted octanol–water partition coefficient (Wildman–Crippen LogP) is 0.864. The zero-order valence-corrected chi connectivity index (χ0v) is 26.0. The molecule has 0 atom stereocenters. The molecule has 3 aromatic carbocycles. The Morgan fingerprint density at radius 3 is 1.68 bits per heavy atom. The van der Waals surface area contributed by atoms with E-state index in [4.69, 9.17) is 4.74 Å². The van der Waals surface area contributed by atoms with Gasteiger partial charge in [0.05, 0.1) is 12.7 Å². The summed E-state index contributed by atoms with van der Waals surface area (Å²) in [5, 5.41) is 9.11. The third kappa shape index (κ3) is 10.6. The SMILES string of the molecule is CN(CCNC(=O)CCC[P+](c1ccccc1)(c1ccccc1)c1ccccc1)CC(=O)NC(=O)OC(C)(C)C.[Cl-]. The Morgan fingerprint density at radius 1 is 0.780 bits per heavy atom. The van der Waals surface area contributed by atoms with Crippen LogP contribution in [0.1, 0.15) is 33.6 Å². The first-order chi connectivity index (χ1) is 19.1. The molecule has 0 aliphatic carbocycles. The number of hydrogen-bond donors (Lipinski definition) is 2. The first kappa shape index (κ1) is 34.0. The maximum absolute atomic E-state index is 12.8. The molecule has 220 valence electrons. The van der Waals surface area contributed by atoms with Crippen LogP contribution in [0, 0.1) is 0 Å². The molecule has 3 amide bonds. The second-order valence-electron chi connectivity index (χ2n) is 10.8. The summed E-state index contributed by atoms with van der Waals surface area (Å²) in [6.45, 7) is 6.11. The highest BCUT2D eigenvalue weighted by molar-refractivity contribution is 7.95. The molecule has 0 saturated heterocycles. The van der Waals surface area contributed by atoms with Crippen molar-refractivity contribution in [3.8, 4) is 0 Å². The van der Waals surface area contributed by atoms with Crippen molar-refractivity contribution in [1.82, 2.24) is 15.5 Å². The maximum Gasteiger partial charge on any atom is 0.414 e. The zero-order chi connectivity index (χ0) is 29.0.